The average molecular weight is 240 g/mol. The summed E-state index contributed by atoms with van der Waals surface area (Å²) in [5.41, 5.74) is 0. The Labute approximate surface area is 108 Å². The minimum Gasteiger partial charge on any atom is -0.317 e. The highest BCUT2D eigenvalue weighted by atomic mass is 15.2. The number of piperidine rings is 1. The summed E-state index contributed by atoms with van der Waals surface area (Å²) in [4.78, 5) is 2.74. The maximum absolute atomic E-state index is 3.58. The summed E-state index contributed by atoms with van der Waals surface area (Å²) in [6, 6.07) is 0.865. The van der Waals surface area contributed by atoms with E-state index in [2.05, 4.69) is 24.1 Å². The summed E-state index contributed by atoms with van der Waals surface area (Å²) in [6.45, 7) is 9.65. The van der Waals surface area contributed by atoms with Crippen molar-refractivity contribution < 1.29 is 0 Å². The number of nitrogens with one attached hydrogen (secondary N) is 1. The molecule has 1 aliphatic rings. The van der Waals surface area contributed by atoms with E-state index in [1.807, 2.05) is 0 Å². The van der Waals surface area contributed by atoms with Crippen LogP contribution in [0.1, 0.15) is 65.2 Å². The first kappa shape index (κ1) is 15.0. The lowest BCUT2D eigenvalue weighted by Crippen LogP contribution is -2.41. The second-order valence-corrected chi connectivity index (χ2v) is 5.43. The zero-order valence-corrected chi connectivity index (χ0v) is 12.0. The van der Waals surface area contributed by atoms with Crippen molar-refractivity contribution in [2.75, 3.05) is 26.2 Å². The Morgan fingerprint density at radius 1 is 1.06 bits per heavy atom. The molecule has 0 aromatic carbocycles. The molecule has 0 amide bonds. The van der Waals surface area contributed by atoms with E-state index in [0.717, 1.165) is 6.04 Å². The van der Waals surface area contributed by atoms with Gasteiger partial charge in [0.05, 0.1) is 0 Å². The molecule has 0 aromatic rings. The van der Waals surface area contributed by atoms with E-state index in [1.54, 1.807) is 0 Å². The van der Waals surface area contributed by atoms with Gasteiger partial charge >= 0.3 is 0 Å². The Kier molecular flexibility index (Phi) is 8.72. The van der Waals surface area contributed by atoms with Crippen LogP contribution in [0.5, 0.6) is 0 Å². The topological polar surface area (TPSA) is 15.3 Å². The molecule has 1 aliphatic heterocycles. The van der Waals surface area contributed by atoms with E-state index in [4.69, 9.17) is 0 Å². The van der Waals surface area contributed by atoms with Crippen molar-refractivity contribution in [3.63, 3.8) is 0 Å². The van der Waals surface area contributed by atoms with Crippen molar-refractivity contribution in [3.05, 3.63) is 0 Å². The van der Waals surface area contributed by atoms with E-state index in [1.165, 1.54) is 77.5 Å². The number of nitrogens with zero attached hydrogens (tertiary/aromatic N) is 1. The van der Waals surface area contributed by atoms with Crippen LogP contribution in [0.25, 0.3) is 0 Å². The summed E-state index contributed by atoms with van der Waals surface area (Å²) in [6.07, 6.45) is 11.0. The molecule has 1 rings (SSSR count). The summed E-state index contributed by atoms with van der Waals surface area (Å²) in [7, 11) is 0. The van der Waals surface area contributed by atoms with E-state index in [0.29, 0.717) is 0 Å². The maximum Gasteiger partial charge on any atom is 0.0107 e. The molecule has 0 spiro atoms. The van der Waals surface area contributed by atoms with Gasteiger partial charge < -0.3 is 10.2 Å². The maximum atomic E-state index is 3.58. The van der Waals surface area contributed by atoms with Crippen LogP contribution < -0.4 is 5.32 Å². The summed E-state index contributed by atoms with van der Waals surface area (Å²) in [5, 5.41) is 3.58. The van der Waals surface area contributed by atoms with Crippen molar-refractivity contribution in [3.8, 4) is 0 Å². The molecule has 0 aliphatic carbocycles. The monoisotopic (exact) mass is 240 g/mol. The van der Waals surface area contributed by atoms with Crippen molar-refractivity contribution in [1.82, 2.24) is 10.2 Å². The van der Waals surface area contributed by atoms with Gasteiger partial charge in [-0.2, -0.15) is 0 Å². The van der Waals surface area contributed by atoms with Gasteiger partial charge in [0.1, 0.15) is 0 Å². The molecule has 0 bridgehead atoms. The number of unbranched alkanes of at least 4 members (excludes halogenated alkanes) is 2. The molecule has 0 aromatic heterocycles. The molecule has 0 unspecified atom stereocenters. The zero-order valence-electron chi connectivity index (χ0n) is 12.0. The van der Waals surface area contributed by atoms with Crippen molar-refractivity contribution >= 4 is 0 Å². The van der Waals surface area contributed by atoms with Crippen LogP contribution in [-0.2, 0) is 0 Å². The van der Waals surface area contributed by atoms with E-state index in [9.17, 15) is 0 Å². The van der Waals surface area contributed by atoms with Gasteiger partial charge in [-0.15, -0.1) is 0 Å². The van der Waals surface area contributed by atoms with Crippen LogP contribution in [0.3, 0.4) is 0 Å². The summed E-state index contributed by atoms with van der Waals surface area (Å²) < 4.78 is 0. The highest BCUT2D eigenvalue weighted by molar-refractivity contribution is 4.77. The molecule has 1 heterocycles. The predicted molar refractivity (Wildman–Crippen MR) is 76.5 cm³/mol. The molecule has 1 saturated heterocycles. The minimum atomic E-state index is 0.865. The molecule has 1 fully saturated rings. The fourth-order valence-corrected chi connectivity index (χ4v) is 2.74. The van der Waals surface area contributed by atoms with Gasteiger partial charge in [-0.05, 0) is 58.3 Å². The molecular formula is C15H32N2. The third-order valence-corrected chi connectivity index (χ3v) is 3.91. The molecule has 1 N–H and O–H groups in total. The SMILES string of the molecule is CCCCNCC[C@H]1CCCCN1CCCC. The number of hydrogen-bond donors (Lipinski definition) is 1. The molecule has 2 nitrogen and oxygen atoms in total. The van der Waals surface area contributed by atoms with Crippen molar-refractivity contribution in [1.29, 1.82) is 0 Å². The molecule has 1 atom stereocenters. The zero-order chi connectivity index (χ0) is 12.3. The van der Waals surface area contributed by atoms with Crippen molar-refractivity contribution in [2.45, 2.75) is 71.3 Å². The van der Waals surface area contributed by atoms with E-state index < -0.39 is 0 Å². The lowest BCUT2D eigenvalue weighted by Gasteiger charge is -2.36. The van der Waals surface area contributed by atoms with Gasteiger partial charge in [-0.25, -0.2) is 0 Å². The van der Waals surface area contributed by atoms with Gasteiger partial charge in [0, 0.05) is 6.04 Å². The van der Waals surface area contributed by atoms with Crippen LogP contribution >= 0.6 is 0 Å². The molecule has 2 heteroatoms. The third kappa shape index (κ3) is 6.42. The van der Waals surface area contributed by atoms with Crippen LogP contribution in [0, 0.1) is 0 Å². The van der Waals surface area contributed by atoms with Gasteiger partial charge in [-0.1, -0.05) is 33.1 Å². The largest absolute Gasteiger partial charge is 0.317 e. The van der Waals surface area contributed by atoms with Crippen LogP contribution in [0.4, 0.5) is 0 Å². The summed E-state index contributed by atoms with van der Waals surface area (Å²) >= 11 is 0. The van der Waals surface area contributed by atoms with Crippen molar-refractivity contribution in [2.24, 2.45) is 0 Å². The van der Waals surface area contributed by atoms with E-state index >= 15 is 0 Å². The normalized spacial score (nSPS) is 21.9. The molecular weight excluding hydrogens is 208 g/mol. The van der Waals surface area contributed by atoms with E-state index in [-0.39, 0.29) is 0 Å². The van der Waals surface area contributed by atoms with Gasteiger partial charge in [-0.3, -0.25) is 0 Å². The number of likely N-dealkylation sites (tertiary alicyclic amines) is 1. The fourth-order valence-electron chi connectivity index (χ4n) is 2.74. The number of hydrogen-bond acceptors (Lipinski definition) is 2. The second kappa shape index (κ2) is 9.90. The molecule has 102 valence electrons. The van der Waals surface area contributed by atoms with Crippen LogP contribution in [0.15, 0.2) is 0 Å². The van der Waals surface area contributed by atoms with Crippen LogP contribution in [0.2, 0.25) is 0 Å². The molecule has 0 radical (unpaired) electrons. The van der Waals surface area contributed by atoms with Gasteiger partial charge in [0.25, 0.3) is 0 Å². The lowest BCUT2D eigenvalue weighted by atomic mass is 9.99. The molecule has 17 heavy (non-hydrogen) atoms. The highest BCUT2D eigenvalue weighted by Gasteiger charge is 2.20. The van der Waals surface area contributed by atoms with Gasteiger partial charge in [0.2, 0.25) is 0 Å². The predicted octanol–water partition coefficient (Wildman–Crippen LogP) is 3.42. The van der Waals surface area contributed by atoms with Gasteiger partial charge in [0.15, 0.2) is 0 Å². The standard InChI is InChI=1S/C15H32N2/c1-3-5-11-16-12-10-15-9-7-8-14-17(15)13-6-4-2/h15-16H,3-14H2,1-2H3/t15-/m1/s1. The highest BCUT2D eigenvalue weighted by Crippen LogP contribution is 2.19. The Morgan fingerprint density at radius 2 is 1.88 bits per heavy atom. The second-order valence-electron chi connectivity index (χ2n) is 5.43. The Balaban J connectivity index is 2.13. The first-order chi connectivity index (χ1) is 8.38. The molecule has 0 saturated carbocycles. The first-order valence-corrected chi connectivity index (χ1v) is 7.83. The first-order valence-electron chi connectivity index (χ1n) is 7.83. The quantitative estimate of drug-likeness (QED) is 0.621. The Hall–Kier alpha value is -0.0800. The van der Waals surface area contributed by atoms with Crippen LogP contribution in [-0.4, -0.2) is 37.1 Å². The third-order valence-electron chi connectivity index (χ3n) is 3.91. The summed E-state index contributed by atoms with van der Waals surface area (Å²) in [5.74, 6) is 0. The fraction of sp³-hybridized carbons (Fsp3) is 1.00. The Morgan fingerprint density at radius 3 is 2.65 bits per heavy atom. The Bertz CT molecular complexity index is 170. The minimum absolute atomic E-state index is 0.865. The number of rotatable bonds is 9. The lowest BCUT2D eigenvalue weighted by molar-refractivity contribution is 0.138. The average Bonchev–Trinajstić information content (AvgIpc) is 2.37. The smallest absolute Gasteiger partial charge is 0.0107 e.